The third-order valence-corrected chi connectivity index (χ3v) is 2.86. The number of nitrogens with two attached hydrogens (primary N) is 1. The van der Waals surface area contributed by atoms with Crippen LogP contribution in [0.3, 0.4) is 0 Å². The second-order valence-electron chi connectivity index (χ2n) is 4.23. The molecule has 4 heteroatoms. The highest BCUT2D eigenvalue weighted by Gasteiger charge is 2.28. The van der Waals surface area contributed by atoms with Crippen LogP contribution in [0.25, 0.3) is 0 Å². The van der Waals surface area contributed by atoms with Gasteiger partial charge in [-0.15, -0.1) is 0 Å². The Bertz CT molecular complexity index is 354. The summed E-state index contributed by atoms with van der Waals surface area (Å²) in [4.78, 5) is 11.2. The Morgan fingerprint density at radius 1 is 1.41 bits per heavy atom. The fourth-order valence-electron chi connectivity index (χ4n) is 1.38. The van der Waals surface area contributed by atoms with Gasteiger partial charge in [0.15, 0.2) is 0 Å². The first-order valence-electron chi connectivity index (χ1n) is 5.69. The van der Waals surface area contributed by atoms with Gasteiger partial charge in [-0.25, -0.2) is 0 Å². The zero-order chi connectivity index (χ0) is 12.7. The molecular weight excluding hydrogens is 216 g/mol. The molecule has 3 N–H and O–H groups in total. The number of nitrogens with one attached hydrogen (secondary N) is 1. The second kappa shape index (κ2) is 6.37. The number of rotatable bonds is 7. The van der Waals surface area contributed by atoms with Crippen molar-refractivity contribution in [3.63, 3.8) is 0 Å². The molecule has 0 aliphatic carbocycles. The molecule has 0 fully saturated rings. The lowest BCUT2D eigenvalue weighted by Crippen LogP contribution is -2.54. The van der Waals surface area contributed by atoms with Crippen LogP contribution in [0.1, 0.15) is 12.5 Å². The average molecular weight is 236 g/mol. The summed E-state index contributed by atoms with van der Waals surface area (Å²) in [5.74, 6) is -0.403. The van der Waals surface area contributed by atoms with Gasteiger partial charge in [-0.05, 0) is 26.0 Å². The minimum atomic E-state index is -0.795. The van der Waals surface area contributed by atoms with Crippen LogP contribution in [0, 0.1) is 0 Å². The van der Waals surface area contributed by atoms with Crippen molar-refractivity contribution in [1.82, 2.24) is 5.32 Å². The van der Waals surface area contributed by atoms with Crippen LogP contribution in [-0.4, -0.2) is 31.7 Å². The van der Waals surface area contributed by atoms with Crippen LogP contribution in [0.15, 0.2) is 30.3 Å². The van der Waals surface area contributed by atoms with Gasteiger partial charge in [0.1, 0.15) is 5.54 Å². The van der Waals surface area contributed by atoms with Gasteiger partial charge in [0.25, 0.3) is 0 Å². The first-order chi connectivity index (χ1) is 8.08. The molecule has 1 atom stereocenters. The Balaban J connectivity index is 2.31. The molecule has 1 aromatic rings. The lowest BCUT2D eigenvalue weighted by Gasteiger charge is -2.25. The van der Waals surface area contributed by atoms with Crippen molar-refractivity contribution in [2.45, 2.75) is 18.9 Å². The molecule has 0 saturated heterocycles. The van der Waals surface area contributed by atoms with Crippen LogP contribution < -0.4 is 11.1 Å². The van der Waals surface area contributed by atoms with Gasteiger partial charge < -0.3 is 15.8 Å². The molecule has 0 aliphatic heterocycles. The number of likely N-dealkylation sites (N-methyl/N-ethyl adjacent to an activating group) is 1. The fourth-order valence-corrected chi connectivity index (χ4v) is 1.38. The highest BCUT2D eigenvalue weighted by molar-refractivity contribution is 5.84. The van der Waals surface area contributed by atoms with Gasteiger partial charge in [0, 0.05) is 0 Å². The molecule has 0 saturated carbocycles. The highest BCUT2D eigenvalue weighted by Crippen LogP contribution is 2.04. The molecule has 0 aromatic heterocycles. The van der Waals surface area contributed by atoms with Gasteiger partial charge in [-0.1, -0.05) is 30.3 Å². The van der Waals surface area contributed by atoms with E-state index in [9.17, 15) is 4.79 Å². The average Bonchev–Trinajstić information content (AvgIpc) is 2.35. The zero-order valence-corrected chi connectivity index (χ0v) is 10.4. The lowest BCUT2D eigenvalue weighted by atomic mass is 10.0. The van der Waals surface area contributed by atoms with E-state index in [1.165, 1.54) is 5.56 Å². The number of benzene rings is 1. The van der Waals surface area contributed by atoms with E-state index >= 15 is 0 Å². The SMILES string of the molecule is CNC(C)(COCCc1ccccc1)C(N)=O. The Morgan fingerprint density at radius 3 is 2.59 bits per heavy atom. The van der Waals surface area contributed by atoms with E-state index < -0.39 is 11.4 Å². The van der Waals surface area contributed by atoms with E-state index in [4.69, 9.17) is 10.5 Å². The number of carbonyl (C=O) groups is 1. The minimum absolute atomic E-state index is 0.283. The predicted octanol–water partition coefficient (Wildman–Crippen LogP) is 0.709. The molecular formula is C13H20N2O2. The van der Waals surface area contributed by atoms with Crippen molar-refractivity contribution in [2.24, 2.45) is 5.73 Å². The molecule has 94 valence electrons. The molecule has 1 amide bonds. The molecule has 0 spiro atoms. The predicted molar refractivity (Wildman–Crippen MR) is 67.6 cm³/mol. The Labute approximate surface area is 102 Å². The normalized spacial score (nSPS) is 14.2. The maximum atomic E-state index is 11.2. The van der Waals surface area contributed by atoms with Crippen LogP contribution >= 0.6 is 0 Å². The summed E-state index contributed by atoms with van der Waals surface area (Å²) in [6, 6.07) is 10.1. The summed E-state index contributed by atoms with van der Waals surface area (Å²) in [5, 5.41) is 2.88. The van der Waals surface area contributed by atoms with E-state index in [2.05, 4.69) is 17.4 Å². The third-order valence-electron chi connectivity index (χ3n) is 2.86. The fraction of sp³-hybridized carbons (Fsp3) is 0.462. The van der Waals surface area contributed by atoms with Gasteiger partial charge >= 0.3 is 0 Å². The van der Waals surface area contributed by atoms with Crippen molar-refractivity contribution in [1.29, 1.82) is 0 Å². The maximum Gasteiger partial charge on any atom is 0.239 e. The first kappa shape index (κ1) is 13.7. The number of hydrogen-bond donors (Lipinski definition) is 2. The molecule has 0 bridgehead atoms. The third kappa shape index (κ3) is 4.17. The molecule has 17 heavy (non-hydrogen) atoms. The first-order valence-corrected chi connectivity index (χ1v) is 5.69. The van der Waals surface area contributed by atoms with E-state index in [1.807, 2.05) is 18.2 Å². The Kier molecular flexibility index (Phi) is 5.12. The smallest absolute Gasteiger partial charge is 0.239 e. The van der Waals surface area contributed by atoms with Crippen molar-refractivity contribution >= 4 is 5.91 Å². The lowest BCUT2D eigenvalue weighted by molar-refractivity contribution is -0.126. The van der Waals surface area contributed by atoms with E-state index in [0.29, 0.717) is 6.61 Å². The van der Waals surface area contributed by atoms with Gasteiger partial charge in [0.05, 0.1) is 13.2 Å². The van der Waals surface area contributed by atoms with Crippen LogP contribution in [0.2, 0.25) is 0 Å². The highest BCUT2D eigenvalue weighted by atomic mass is 16.5. The van der Waals surface area contributed by atoms with E-state index in [1.54, 1.807) is 14.0 Å². The standard InChI is InChI=1S/C13H20N2O2/c1-13(15-2,12(14)16)10-17-9-8-11-6-4-3-5-7-11/h3-7,15H,8-10H2,1-2H3,(H2,14,16). The van der Waals surface area contributed by atoms with Gasteiger partial charge in [-0.2, -0.15) is 0 Å². The molecule has 0 heterocycles. The summed E-state index contributed by atoms with van der Waals surface area (Å²) < 4.78 is 5.49. The second-order valence-corrected chi connectivity index (χ2v) is 4.23. The van der Waals surface area contributed by atoms with Crippen molar-refractivity contribution < 1.29 is 9.53 Å². The maximum absolute atomic E-state index is 11.2. The van der Waals surface area contributed by atoms with Crippen LogP contribution in [-0.2, 0) is 16.0 Å². The molecule has 0 radical (unpaired) electrons. The van der Waals surface area contributed by atoms with Crippen LogP contribution in [0.4, 0.5) is 0 Å². The van der Waals surface area contributed by atoms with Crippen molar-refractivity contribution in [3.8, 4) is 0 Å². The molecule has 1 unspecified atom stereocenters. The van der Waals surface area contributed by atoms with Crippen molar-refractivity contribution in [2.75, 3.05) is 20.3 Å². The summed E-state index contributed by atoms with van der Waals surface area (Å²) in [6.45, 7) is 2.60. The van der Waals surface area contributed by atoms with Gasteiger partial charge in [-0.3, -0.25) is 4.79 Å². The molecule has 4 nitrogen and oxygen atoms in total. The largest absolute Gasteiger partial charge is 0.379 e. The number of hydrogen-bond acceptors (Lipinski definition) is 3. The monoisotopic (exact) mass is 236 g/mol. The summed E-state index contributed by atoms with van der Waals surface area (Å²) in [6.07, 6.45) is 0.833. The number of ether oxygens (including phenoxy) is 1. The van der Waals surface area contributed by atoms with Gasteiger partial charge in [0.2, 0.25) is 5.91 Å². The molecule has 1 aromatic carbocycles. The quantitative estimate of drug-likeness (QED) is 0.685. The summed E-state index contributed by atoms with van der Waals surface area (Å²) >= 11 is 0. The van der Waals surface area contributed by atoms with E-state index in [0.717, 1.165) is 6.42 Å². The number of amides is 1. The van der Waals surface area contributed by atoms with Crippen LogP contribution in [0.5, 0.6) is 0 Å². The van der Waals surface area contributed by atoms with Crippen molar-refractivity contribution in [3.05, 3.63) is 35.9 Å². The topological polar surface area (TPSA) is 64.3 Å². The number of carbonyl (C=O) groups excluding carboxylic acids is 1. The Morgan fingerprint density at radius 2 is 2.06 bits per heavy atom. The van der Waals surface area contributed by atoms with E-state index in [-0.39, 0.29) is 6.61 Å². The Hall–Kier alpha value is -1.39. The molecule has 1 rings (SSSR count). The number of primary amides is 1. The molecule has 0 aliphatic rings. The minimum Gasteiger partial charge on any atom is -0.379 e. The zero-order valence-electron chi connectivity index (χ0n) is 10.4. The summed E-state index contributed by atoms with van der Waals surface area (Å²) in [5.41, 5.74) is 5.72. The summed E-state index contributed by atoms with van der Waals surface area (Å²) in [7, 11) is 1.70.